The summed E-state index contributed by atoms with van der Waals surface area (Å²) in [4.78, 5) is 34.2. The van der Waals surface area contributed by atoms with Crippen LogP contribution in [0.15, 0.2) is 24.4 Å². The maximum atomic E-state index is 12.7. The Bertz CT molecular complexity index is 893. The van der Waals surface area contributed by atoms with Crippen molar-refractivity contribution in [3.8, 4) is 0 Å². The molecule has 0 bridgehead atoms. The molecule has 0 unspecified atom stereocenters. The van der Waals surface area contributed by atoms with Gasteiger partial charge in [0.25, 0.3) is 5.91 Å². The fourth-order valence-corrected chi connectivity index (χ4v) is 3.51. The summed E-state index contributed by atoms with van der Waals surface area (Å²) in [5.74, 6) is 1.21. The highest BCUT2D eigenvalue weighted by Crippen LogP contribution is 2.20. The van der Waals surface area contributed by atoms with Gasteiger partial charge in [0.1, 0.15) is 12.4 Å². The molecule has 9 nitrogen and oxygen atoms in total. The number of hydrogen-bond acceptors (Lipinski definition) is 7. The molecule has 146 valence electrons. The SMILES string of the molecule is Cc1cnc(N2CCN(C(=O)c3ccc(N4CCOC4=O)nn3)CC2)c(C)c1. The second kappa shape index (κ2) is 7.41. The second-order valence-corrected chi connectivity index (χ2v) is 6.98. The van der Waals surface area contributed by atoms with E-state index >= 15 is 0 Å². The van der Waals surface area contributed by atoms with E-state index in [1.807, 2.05) is 13.1 Å². The summed E-state index contributed by atoms with van der Waals surface area (Å²) in [6.45, 7) is 7.47. The molecule has 4 rings (SSSR count). The van der Waals surface area contributed by atoms with Gasteiger partial charge in [0.05, 0.1) is 6.54 Å². The van der Waals surface area contributed by atoms with Gasteiger partial charge in [-0.3, -0.25) is 9.69 Å². The van der Waals surface area contributed by atoms with Crippen LogP contribution in [-0.4, -0.2) is 71.4 Å². The molecule has 9 heteroatoms. The van der Waals surface area contributed by atoms with Crippen molar-refractivity contribution >= 4 is 23.6 Å². The van der Waals surface area contributed by atoms with Crippen LogP contribution >= 0.6 is 0 Å². The third-order valence-electron chi connectivity index (χ3n) is 4.96. The topological polar surface area (TPSA) is 91.8 Å². The first kappa shape index (κ1) is 18.1. The van der Waals surface area contributed by atoms with Gasteiger partial charge in [-0.2, -0.15) is 0 Å². The smallest absolute Gasteiger partial charge is 0.415 e. The lowest BCUT2D eigenvalue weighted by atomic mass is 10.2. The van der Waals surface area contributed by atoms with Gasteiger partial charge in [-0.25, -0.2) is 9.78 Å². The molecule has 2 aliphatic heterocycles. The highest BCUT2D eigenvalue weighted by molar-refractivity contribution is 5.93. The molecule has 2 aromatic heterocycles. The fourth-order valence-electron chi connectivity index (χ4n) is 3.51. The van der Waals surface area contributed by atoms with Crippen LogP contribution in [0.1, 0.15) is 21.6 Å². The van der Waals surface area contributed by atoms with Crippen molar-refractivity contribution in [1.82, 2.24) is 20.1 Å². The highest BCUT2D eigenvalue weighted by atomic mass is 16.6. The van der Waals surface area contributed by atoms with E-state index in [-0.39, 0.29) is 11.6 Å². The molecule has 28 heavy (non-hydrogen) atoms. The van der Waals surface area contributed by atoms with Crippen molar-refractivity contribution in [2.45, 2.75) is 13.8 Å². The van der Waals surface area contributed by atoms with Crippen molar-refractivity contribution in [2.75, 3.05) is 49.1 Å². The molecule has 0 saturated carbocycles. The molecule has 2 amide bonds. The zero-order chi connectivity index (χ0) is 19.7. The predicted molar refractivity (Wildman–Crippen MR) is 103 cm³/mol. The third-order valence-corrected chi connectivity index (χ3v) is 4.96. The number of cyclic esters (lactones) is 1. The van der Waals surface area contributed by atoms with Crippen molar-refractivity contribution in [2.24, 2.45) is 0 Å². The normalized spacial score (nSPS) is 17.1. The van der Waals surface area contributed by atoms with Gasteiger partial charge in [0.2, 0.25) is 0 Å². The average molecular weight is 382 g/mol. The molecule has 0 aromatic carbocycles. The standard InChI is InChI=1S/C19H22N6O3/c1-13-11-14(2)17(20-12-13)23-5-7-24(8-6-23)18(26)15-3-4-16(22-21-15)25-9-10-28-19(25)27/h3-4,11-12H,5-10H2,1-2H3. The van der Waals surface area contributed by atoms with Gasteiger partial charge in [0.15, 0.2) is 11.5 Å². The fraction of sp³-hybridized carbons (Fsp3) is 0.421. The average Bonchev–Trinajstić information content (AvgIpc) is 3.14. The lowest BCUT2D eigenvalue weighted by Crippen LogP contribution is -2.49. The third kappa shape index (κ3) is 3.47. The zero-order valence-electron chi connectivity index (χ0n) is 16.0. The molecular formula is C19H22N6O3. The van der Waals surface area contributed by atoms with Gasteiger partial charge in [0, 0.05) is 32.4 Å². The Morgan fingerprint density at radius 3 is 2.46 bits per heavy atom. The number of ether oxygens (including phenoxy) is 1. The number of aromatic nitrogens is 3. The van der Waals surface area contributed by atoms with Crippen LogP contribution in [0.5, 0.6) is 0 Å². The quantitative estimate of drug-likeness (QED) is 0.792. The number of rotatable bonds is 3. The van der Waals surface area contributed by atoms with Gasteiger partial charge in [-0.1, -0.05) is 6.07 Å². The molecule has 2 fully saturated rings. The van der Waals surface area contributed by atoms with Crippen LogP contribution in [0.4, 0.5) is 16.4 Å². The Hall–Kier alpha value is -3.23. The molecule has 4 heterocycles. The van der Waals surface area contributed by atoms with E-state index in [4.69, 9.17) is 4.74 Å². The molecule has 0 atom stereocenters. The van der Waals surface area contributed by atoms with Crippen LogP contribution < -0.4 is 9.80 Å². The predicted octanol–water partition coefficient (Wildman–Crippen LogP) is 1.41. The van der Waals surface area contributed by atoms with Crippen LogP contribution in [0.3, 0.4) is 0 Å². The Kier molecular flexibility index (Phi) is 4.81. The number of nitrogens with zero attached hydrogens (tertiary/aromatic N) is 6. The number of amides is 2. The zero-order valence-corrected chi connectivity index (χ0v) is 16.0. The Morgan fingerprint density at radius 1 is 1.07 bits per heavy atom. The maximum Gasteiger partial charge on any atom is 0.415 e. The number of carbonyl (C=O) groups is 2. The summed E-state index contributed by atoms with van der Waals surface area (Å²) in [6.07, 6.45) is 1.43. The minimum Gasteiger partial charge on any atom is -0.447 e. The van der Waals surface area contributed by atoms with E-state index in [1.165, 1.54) is 4.90 Å². The second-order valence-electron chi connectivity index (χ2n) is 6.98. The number of piperazine rings is 1. The van der Waals surface area contributed by atoms with Gasteiger partial charge < -0.3 is 14.5 Å². The van der Waals surface area contributed by atoms with Crippen LogP contribution in [0.2, 0.25) is 0 Å². The van der Waals surface area contributed by atoms with Gasteiger partial charge in [-0.15, -0.1) is 10.2 Å². The number of pyridine rings is 1. The molecule has 0 spiro atoms. The Labute approximate surface area is 162 Å². The van der Waals surface area contributed by atoms with Crippen LogP contribution in [0, 0.1) is 13.8 Å². The summed E-state index contributed by atoms with van der Waals surface area (Å²) in [5, 5.41) is 8.03. The van der Waals surface area contributed by atoms with Gasteiger partial charge in [-0.05, 0) is 37.1 Å². The molecule has 0 N–H and O–H groups in total. The van der Waals surface area contributed by atoms with E-state index in [1.54, 1.807) is 17.0 Å². The van der Waals surface area contributed by atoms with Gasteiger partial charge >= 0.3 is 6.09 Å². The van der Waals surface area contributed by atoms with Crippen molar-refractivity contribution in [3.63, 3.8) is 0 Å². The van der Waals surface area contributed by atoms with E-state index in [0.717, 1.165) is 16.9 Å². The van der Waals surface area contributed by atoms with Crippen LogP contribution in [-0.2, 0) is 4.74 Å². The summed E-state index contributed by atoms with van der Waals surface area (Å²) >= 11 is 0. The molecule has 0 aliphatic carbocycles. The van der Waals surface area contributed by atoms with Crippen molar-refractivity contribution < 1.29 is 14.3 Å². The summed E-state index contributed by atoms with van der Waals surface area (Å²) in [5.41, 5.74) is 2.55. The minimum absolute atomic E-state index is 0.156. The first-order valence-electron chi connectivity index (χ1n) is 9.28. The summed E-state index contributed by atoms with van der Waals surface area (Å²) < 4.78 is 4.89. The molecule has 2 saturated heterocycles. The lowest BCUT2D eigenvalue weighted by molar-refractivity contribution is 0.0739. The molecule has 2 aromatic rings. The Balaban J connectivity index is 1.39. The van der Waals surface area contributed by atoms with E-state index in [2.05, 4.69) is 33.1 Å². The van der Waals surface area contributed by atoms with E-state index in [9.17, 15) is 9.59 Å². The maximum absolute atomic E-state index is 12.7. The molecule has 0 radical (unpaired) electrons. The molecule has 2 aliphatic rings. The van der Waals surface area contributed by atoms with Crippen LogP contribution in [0.25, 0.3) is 0 Å². The Morgan fingerprint density at radius 2 is 1.86 bits per heavy atom. The number of carbonyl (C=O) groups excluding carboxylic acids is 2. The highest BCUT2D eigenvalue weighted by Gasteiger charge is 2.27. The van der Waals surface area contributed by atoms with Crippen molar-refractivity contribution in [1.29, 1.82) is 0 Å². The van der Waals surface area contributed by atoms with E-state index < -0.39 is 6.09 Å². The first-order valence-corrected chi connectivity index (χ1v) is 9.28. The molecular weight excluding hydrogens is 360 g/mol. The summed E-state index contributed by atoms with van der Waals surface area (Å²) in [7, 11) is 0. The summed E-state index contributed by atoms with van der Waals surface area (Å²) in [6, 6.07) is 5.35. The number of hydrogen-bond donors (Lipinski definition) is 0. The number of anilines is 2. The largest absolute Gasteiger partial charge is 0.447 e. The van der Waals surface area contributed by atoms with Crippen molar-refractivity contribution in [3.05, 3.63) is 41.2 Å². The monoisotopic (exact) mass is 382 g/mol. The number of aryl methyl sites for hydroxylation is 2. The minimum atomic E-state index is -0.440. The van der Waals surface area contributed by atoms with E-state index in [0.29, 0.717) is 45.1 Å². The first-order chi connectivity index (χ1) is 13.5. The lowest BCUT2D eigenvalue weighted by Gasteiger charge is -2.35.